The van der Waals surface area contributed by atoms with E-state index in [-0.39, 0.29) is 18.3 Å². The van der Waals surface area contributed by atoms with Gasteiger partial charge in [-0.25, -0.2) is 9.18 Å². The molecule has 0 aromatic heterocycles. The van der Waals surface area contributed by atoms with Gasteiger partial charge < -0.3 is 15.5 Å². The van der Waals surface area contributed by atoms with Gasteiger partial charge in [0.15, 0.2) is 0 Å². The fraction of sp³-hybridized carbons (Fsp3) is 0.176. The predicted octanol–water partition coefficient (Wildman–Crippen LogP) is 3.24. The number of carbonyl (C=O) groups is 2. The Morgan fingerprint density at radius 1 is 0.957 bits per heavy atom. The molecule has 2 N–H and O–H groups in total. The first-order valence-electron chi connectivity index (χ1n) is 7.08. The molecule has 0 spiro atoms. The number of urea groups is 1. The second-order valence-corrected chi connectivity index (χ2v) is 5.21. The van der Waals surface area contributed by atoms with Gasteiger partial charge in [-0.05, 0) is 43.3 Å². The Hall–Kier alpha value is -2.89. The normalized spacial score (nSPS) is 10.0. The van der Waals surface area contributed by atoms with Crippen molar-refractivity contribution in [2.45, 2.75) is 6.92 Å². The zero-order valence-electron chi connectivity index (χ0n) is 13.0. The van der Waals surface area contributed by atoms with Crippen LogP contribution in [0.4, 0.5) is 20.6 Å². The van der Waals surface area contributed by atoms with E-state index >= 15 is 0 Å². The van der Waals surface area contributed by atoms with Crippen molar-refractivity contribution < 1.29 is 14.0 Å². The number of carbonyl (C=O) groups excluding carboxylic acids is 2. The number of anilines is 2. The molecule has 0 unspecified atom stereocenters. The molecular weight excluding hydrogens is 297 g/mol. The van der Waals surface area contributed by atoms with Crippen LogP contribution >= 0.6 is 0 Å². The van der Waals surface area contributed by atoms with Crippen LogP contribution in [0.2, 0.25) is 0 Å². The van der Waals surface area contributed by atoms with Gasteiger partial charge in [-0.1, -0.05) is 17.7 Å². The van der Waals surface area contributed by atoms with Crippen LogP contribution in [-0.4, -0.2) is 30.4 Å². The van der Waals surface area contributed by atoms with E-state index in [1.807, 2.05) is 19.1 Å². The Morgan fingerprint density at radius 2 is 1.48 bits per heavy atom. The number of nitrogens with one attached hydrogen (secondary N) is 2. The minimum absolute atomic E-state index is 0.0963. The molecule has 0 aliphatic carbocycles. The monoisotopic (exact) mass is 315 g/mol. The maximum Gasteiger partial charge on any atom is 0.322 e. The lowest BCUT2D eigenvalue weighted by molar-refractivity contribution is -0.116. The van der Waals surface area contributed by atoms with E-state index in [4.69, 9.17) is 0 Å². The molecule has 0 aliphatic rings. The summed E-state index contributed by atoms with van der Waals surface area (Å²) in [6.45, 7) is 1.86. The molecule has 0 bridgehead atoms. The highest BCUT2D eigenvalue weighted by Crippen LogP contribution is 2.10. The molecule has 0 saturated heterocycles. The van der Waals surface area contributed by atoms with Gasteiger partial charge in [0.2, 0.25) is 5.91 Å². The summed E-state index contributed by atoms with van der Waals surface area (Å²) in [6.07, 6.45) is 0. The van der Waals surface area contributed by atoms with Crippen LogP contribution in [0.3, 0.4) is 0 Å². The van der Waals surface area contributed by atoms with Crippen LogP contribution < -0.4 is 10.6 Å². The number of benzene rings is 2. The number of hydrogen-bond donors (Lipinski definition) is 2. The molecule has 0 heterocycles. The first-order valence-corrected chi connectivity index (χ1v) is 7.08. The van der Waals surface area contributed by atoms with E-state index in [1.54, 1.807) is 12.1 Å². The highest BCUT2D eigenvalue weighted by molar-refractivity contribution is 5.96. The molecule has 0 radical (unpaired) electrons. The molecule has 23 heavy (non-hydrogen) atoms. The molecular formula is C17H18FN3O2. The van der Waals surface area contributed by atoms with Crippen molar-refractivity contribution in [2.24, 2.45) is 0 Å². The Morgan fingerprint density at radius 3 is 2.09 bits per heavy atom. The lowest BCUT2D eigenvalue weighted by Crippen LogP contribution is -2.37. The van der Waals surface area contributed by atoms with Crippen molar-refractivity contribution in [1.29, 1.82) is 0 Å². The minimum Gasteiger partial charge on any atom is -0.325 e. The smallest absolute Gasteiger partial charge is 0.322 e. The van der Waals surface area contributed by atoms with Gasteiger partial charge in [0.25, 0.3) is 0 Å². The van der Waals surface area contributed by atoms with Crippen LogP contribution in [0.1, 0.15) is 5.56 Å². The lowest BCUT2D eigenvalue weighted by atomic mass is 10.2. The number of halogens is 1. The highest BCUT2D eigenvalue weighted by Gasteiger charge is 2.13. The quantitative estimate of drug-likeness (QED) is 0.910. The molecule has 0 saturated carbocycles. The summed E-state index contributed by atoms with van der Waals surface area (Å²) in [5.74, 6) is -0.681. The number of nitrogens with zero attached hydrogens (tertiary/aromatic N) is 1. The van der Waals surface area contributed by atoms with Gasteiger partial charge in [-0.2, -0.15) is 0 Å². The first-order chi connectivity index (χ1) is 10.9. The molecule has 2 rings (SSSR count). The van der Waals surface area contributed by atoms with E-state index < -0.39 is 6.03 Å². The van der Waals surface area contributed by atoms with E-state index in [0.29, 0.717) is 11.4 Å². The van der Waals surface area contributed by atoms with Gasteiger partial charge in [0, 0.05) is 18.4 Å². The average molecular weight is 315 g/mol. The van der Waals surface area contributed by atoms with Crippen molar-refractivity contribution in [3.05, 3.63) is 59.9 Å². The third kappa shape index (κ3) is 5.10. The molecule has 0 atom stereocenters. The van der Waals surface area contributed by atoms with Crippen molar-refractivity contribution in [3.63, 3.8) is 0 Å². The van der Waals surface area contributed by atoms with Crippen LogP contribution in [-0.2, 0) is 4.79 Å². The fourth-order valence-electron chi connectivity index (χ4n) is 1.88. The molecule has 0 aliphatic heterocycles. The van der Waals surface area contributed by atoms with Gasteiger partial charge >= 0.3 is 6.03 Å². The Bertz CT molecular complexity index is 684. The molecule has 2 aromatic carbocycles. The second-order valence-electron chi connectivity index (χ2n) is 5.21. The van der Waals surface area contributed by atoms with Gasteiger partial charge in [0.05, 0.1) is 0 Å². The Kier molecular flexibility index (Phi) is 5.30. The summed E-state index contributed by atoms with van der Waals surface area (Å²) in [7, 11) is 1.51. The fourth-order valence-corrected chi connectivity index (χ4v) is 1.88. The van der Waals surface area contributed by atoms with E-state index in [1.165, 1.54) is 36.2 Å². The third-order valence-corrected chi connectivity index (χ3v) is 3.16. The Labute approximate surface area is 134 Å². The third-order valence-electron chi connectivity index (χ3n) is 3.16. The van der Waals surface area contributed by atoms with E-state index in [2.05, 4.69) is 10.6 Å². The van der Waals surface area contributed by atoms with Crippen LogP contribution in [0, 0.1) is 12.7 Å². The summed E-state index contributed by atoms with van der Waals surface area (Å²) in [4.78, 5) is 25.1. The van der Waals surface area contributed by atoms with Crippen LogP contribution in [0.5, 0.6) is 0 Å². The Balaban J connectivity index is 1.86. The standard InChI is InChI=1S/C17H18FN3O2/c1-12-3-7-14(8-4-12)19-16(22)11-21(2)17(23)20-15-9-5-13(18)6-10-15/h3-10H,11H2,1-2H3,(H,19,22)(H,20,23). The zero-order valence-corrected chi connectivity index (χ0v) is 13.0. The highest BCUT2D eigenvalue weighted by atomic mass is 19.1. The molecule has 3 amide bonds. The van der Waals surface area contributed by atoms with Crippen molar-refractivity contribution >= 4 is 23.3 Å². The topological polar surface area (TPSA) is 61.4 Å². The number of hydrogen-bond acceptors (Lipinski definition) is 2. The van der Waals surface area contributed by atoms with Crippen molar-refractivity contribution in [2.75, 3.05) is 24.2 Å². The largest absolute Gasteiger partial charge is 0.325 e. The maximum absolute atomic E-state index is 12.8. The van der Waals surface area contributed by atoms with Crippen LogP contribution in [0.15, 0.2) is 48.5 Å². The molecule has 0 fully saturated rings. The molecule has 120 valence electrons. The second kappa shape index (κ2) is 7.40. The summed E-state index contributed by atoms with van der Waals surface area (Å²) in [6, 6.07) is 12.3. The summed E-state index contributed by atoms with van der Waals surface area (Å²) in [5, 5.41) is 5.30. The molecule has 6 heteroatoms. The SMILES string of the molecule is Cc1ccc(NC(=O)CN(C)C(=O)Nc2ccc(F)cc2)cc1. The molecule has 5 nitrogen and oxygen atoms in total. The van der Waals surface area contributed by atoms with Crippen molar-refractivity contribution in [1.82, 2.24) is 4.90 Å². The zero-order chi connectivity index (χ0) is 16.8. The van der Waals surface area contributed by atoms with Gasteiger partial charge in [-0.15, -0.1) is 0 Å². The number of rotatable bonds is 4. The number of aryl methyl sites for hydroxylation is 1. The number of likely N-dealkylation sites (N-methyl/N-ethyl adjacent to an activating group) is 1. The van der Waals surface area contributed by atoms with Crippen molar-refractivity contribution in [3.8, 4) is 0 Å². The predicted molar refractivity (Wildman–Crippen MR) is 87.9 cm³/mol. The summed E-state index contributed by atoms with van der Waals surface area (Å²) < 4.78 is 12.8. The van der Waals surface area contributed by atoms with Gasteiger partial charge in [-0.3, -0.25) is 4.79 Å². The lowest BCUT2D eigenvalue weighted by Gasteiger charge is -2.17. The number of amides is 3. The molecule has 2 aromatic rings. The first kappa shape index (κ1) is 16.5. The van der Waals surface area contributed by atoms with Crippen LogP contribution in [0.25, 0.3) is 0 Å². The average Bonchev–Trinajstić information content (AvgIpc) is 2.51. The van der Waals surface area contributed by atoms with E-state index in [9.17, 15) is 14.0 Å². The van der Waals surface area contributed by atoms with E-state index in [0.717, 1.165) is 5.56 Å². The summed E-state index contributed by atoms with van der Waals surface area (Å²) >= 11 is 0. The minimum atomic E-state index is -0.448. The summed E-state index contributed by atoms with van der Waals surface area (Å²) in [5.41, 5.74) is 2.23. The maximum atomic E-state index is 12.8. The van der Waals surface area contributed by atoms with Gasteiger partial charge in [0.1, 0.15) is 12.4 Å².